The van der Waals surface area contributed by atoms with Crippen molar-refractivity contribution >= 4 is 33.2 Å². The van der Waals surface area contributed by atoms with Crippen LogP contribution in [0.25, 0.3) is 0 Å². The van der Waals surface area contributed by atoms with Gasteiger partial charge in [0.1, 0.15) is 6.54 Å². The van der Waals surface area contributed by atoms with Crippen molar-refractivity contribution in [3.63, 3.8) is 0 Å². The first-order valence-electron chi connectivity index (χ1n) is 11.5. The summed E-state index contributed by atoms with van der Waals surface area (Å²) >= 11 is 5.98. The van der Waals surface area contributed by atoms with E-state index in [4.69, 9.17) is 11.6 Å². The zero-order valence-corrected chi connectivity index (χ0v) is 21.6. The van der Waals surface area contributed by atoms with Crippen molar-refractivity contribution in [2.75, 3.05) is 10.8 Å². The quantitative estimate of drug-likeness (QED) is 0.308. The third-order valence-electron chi connectivity index (χ3n) is 5.92. The van der Waals surface area contributed by atoms with Gasteiger partial charge in [-0.1, -0.05) is 78.3 Å². The molecule has 0 saturated carbocycles. The minimum absolute atomic E-state index is 0.0553. The van der Waals surface area contributed by atoms with E-state index in [0.29, 0.717) is 10.7 Å². The third-order valence-corrected chi connectivity index (χ3v) is 7.96. The summed E-state index contributed by atoms with van der Waals surface area (Å²) in [7, 11) is -4.04. The van der Waals surface area contributed by atoms with Crippen LogP contribution in [0.5, 0.6) is 0 Å². The molecular formula is C29H27ClN2O3S. The first kappa shape index (κ1) is 25.5. The van der Waals surface area contributed by atoms with Crippen molar-refractivity contribution in [2.45, 2.75) is 24.8 Å². The first-order valence-corrected chi connectivity index (χ1v) is 13.3. The lowest BCUT2D eigenvalue weighted by Crippen LogP contribution is -2.42. The normalized spacial score (nSPS) is 12.1. The van der Waals surface area contributed by atoms with Crippen molar-refractivity contribution in [3.8, 4) is 0 Å². The van der Waals surface area contributed by atoms with Gasteiger partial charge in [0.05, 0.1) is 16.6 Å². The molecule has 0 aliphatic heterocycles. The van der Waals surface area contributed by atoms with Gasteiger partial charge in [0, 0.05) is 5.02 Å². The van der Waals surface area contributed by atoms with Crippen LogP contribution in [0.4, 0.5) is 5.69 Å². The van der Waals surface area contributed by atoms with Gasteiger partial charge in [-0.2, -0.15) is 0 Å². The Kier molecular flexibility index (Phi) is 7.77. The Labute approximate surface area is 217 Å². The monoisotopic (exact) mass is 518 g/mol. The van der Waals surface area contributed by atoms with Crippen LogP contribution in [-0.4, -0.2) is 20.9 Å². The molecule has 5 nitrogen and oxygen atoms in total. The van der Waals surface area contributed by atoms with Crippen LogP contribution in [0.1, 0.15) is 28.3 Å². The van der Waals surface area contributed by atoms with Gasteiger partial charge in [0.25, 0.3) is 10.0 Å². The number of carbonyl (C=O) groups excluding carboxylic acids is 1. The van der Waals surface area contributed by atoms with E-state index in [9.17, 15) is 13.2 Å². The van der Waals surface area contributed by atoms with Crippen molar-refractivity contribution in [1.29, 1.82) is 0 Å². The average molecular weight is 519 g/mol. The van der Waals surface area contributed by atoms with E-state index in [0.717, 1.165) is 26.6 Å². The fraction of sp³-hybridized carbons (Fsp3) is 0.138. The van der Waals surface area contributed by atoms with Crippen LogP contribution < -0.4 is 9.62 Å². The Morgan fingerprint density at radius 3 is 2.19 bits per heavy atom. The highest BCUT2D eigenvalue weighted by atomic mass is 35.5. The molecule has 1 atom stereocenters. The molecule has 0 spiro atoms. The molecule has 1 N–H and O–H groups in total. The van der Waals surface area contributed by atoms with Crippen LogP contribution in [0, 0.1) is 13.8 Å². The third kappa shape index (κ3) is 5.78. The predicted molar refractivity (Wildman–Crippen MR) is 145 cm³/mol. The largest absolute Gasteiger partial charge is 0.344 e. The van der Waals surface area contributed by atoms with Crippen molar-refractivity contribution in [1.82, 2.24) is 5.32 Å². The first-order chi connectivity index (χ1) is 17.3. The molecule has 7 heteroatoms. The highest BCUT2D eigenvalue weighted by Crippen LogP contribution is 2.27. The molecule has 0 aromatic heterocycles. The number of halogens is 1. The maximum Gasteiger partial charge on any atom is 0.264 e. The fourth-order valence-corrected chi connectivity index (χ4v) is 5.60. The lowest BCUT2D eigenvalue weighted by molar-refractivity contribution is -0.120. The smallest absolute Gasteiger partial charge is 0.264 e. The number of sulfonamides is 1. The van der Waals surface area contributed by atoms with E-state index in [1.165, 1.54) is 24.3 Å². The molecule has 4 aromatic carbocycles. The minimum atomic E-state index is -4.04. The van der Waals surface area contributed by atoms with Gasteiger partial charge >= 0.3 is 0 Å². The van der Waals surface area contributed by atoms with Crippen LogP contribution in [0.15, 0.2) is 108 Å². The Balaban J connectivity index is 1.70. The zero-order valence-electron chi connectivity index (χ0n) is 20.1. The van der Waals surface area contributed by atoms with Gasteiger partial charge in [-0.25, -0.2) is 8.42 Å². The highest BCUT2D eigenvalue weighted by Gasteiger charge is 2.29. The van der Waals surface area contributed by atoms with Crippen molar-refractivity contribution in [3.05, 3.63) is 130 Å². The number of benzene rings is 4. The summed E-state index contributed by atoms with van der Waals surface area (Å²) in [5.41, 5.74) is 4.16. The molecule has 4 aromatic rings. The fourth-order valence-electron chi connectivity index (χ4n) is 4.07. The molecule has 1 amide bonds. The van der Waals surface area contributed by atoms with Gasteiger partial charge in [0.2, 0.25) is 5.91 Å². The SMILES string of the molecule is Cc1cccc(N(CC(=O)N[C@H](c2ccccc2)c2ccccc2C)S(=O)(=O)c2ccc(Cl)cc2)c1. The van der Waals surface area contributed by atoms with E-state index in [1.807, 2.05) is 74.5 Å². The molecule has 184 valence electrons. The summed E-state index contributed by atoms with van der Waals surface area (Å²) in [5, 5.41) is 3.50. The number of nitrogens with zero attached hydrogens (tertiary/aromatic N) is 1. The summed E-state index contributed by atoms with van der Waals surface area (Å²) in [6.07, 6.45) is 0. The molecule has 0 aliphatic carbocycles. The molecule has 0 unspecified atom stereocenters. The molecular weight excluding hydrogens is 492 g/mol. The maximum atomic E-state index is 13.7. The minimum Gasteiger partial charge on any atom is -0.344 e. The van der Waals surface area contributed by atoms with E-state index in [1.54, 1.807) is 18.2 Å². The molecule has 0 heterocycles. The number of nitrogens with one attached hydrogen (secondary N) is 1. The average Bonchev–Trinajstić information content (AvgIpc) is 2.87. The van der Waals surface area contributed by atoms with Gasteiger partial charge in [-0.3, -0.25) is 9.10 Å². The number of anilines is 1. The molecule has 0 radical (unpaired) electrons. The zero-order chi connectivity index (χ0) is 25.7. The number of rotatable bonds is 8. The van der Waals surface area contributed by atoms with Gasteiger partial charge < -0.3 is 5.32 Å². The summed E-state index contributed by atoms with van der Waals surface area (Å²) < 4.78 is 28.5. The van der Waals surface area contributed by atoms with Gasteiger partial charge in [-0.05, 0) is 72.5 Å². The number of amides is 1. The molecule has 0 aliphatic rings. The topological polar surface area (TPSA) is 66.5 Å². The lowest BCUT2D eigenvalue weighted by Gasteiger charge is -2.27. The summed E-state index contributed by atoms with van der Waals surface area (Å²) in [6.45, 7) is 3.48. The second-order valence-electron chi connectivity index (χ2n) is 8.57. The molecule has 0 bridgehead atoms. The van der Waals surface area contributed by atoms with Crippen LogP contribution in [0.3, 0.4) is 0 Å². The van der Waals surface area contributed by atoms with Gasteiger partial charge in [-0.15, -0.1) is 0 Å². The van der Waals surface area contributed by atoms with E-state index in [2.05, 4.69) is 5.32 Å². The number of hydrogen-bond donors (Lipinski definition) is 1. The van der Waals surface area contributed by atoms with Crippen LogP contribution in [0.2, 0.25) is 5.02 Å². The van der Waals surface area contributed by atoms with Crippen molar-refractivity contribution < 1.29 is 13.2 Å². The standard InChI is InChI=1S/C29H27ClN2O3S/c1-21-9-8-13-25(19-21)32(36(34,35)26-17-15-24(30)16-18-26)20-28(33)31-29(23-11-4-3-5-12-23)27-14-7-6-10-22(27)2/h3-19,29H,20H2,1-2H3,(H,31,33)/t29-/m1/s1. The van der Waals surface area contributed by atoms with Gasteiger partial charge in [0.15, 0.2) is 0 Å². The summed E-state index contributed by atoms with van der Waals surface area (Å²) in [4.78, 5) is 13.5. The molecule has 4 rings (SSSR count). The molecule has 0 saturated heterocycles. The van der Waals surface area contributed by atoms with E-state index < -0.39 is 22.0 Å². The van der Waals surface area contributed by atoms with Crippen LogP contribution >= 0.6 is 11.6 Å². The predicted octanol–water partition coefficient (Wildman–Crippen LogP) is 6.06. The second-order valence-corrected chi connectivity index (χ2v) is 10.9. The lowest BCUT2D eigenvalue weighted by atomic mass is 9.95. The number of hydrogen-bond acceptors (Lipinski definition) is 3. The number of carbonyl (C=O) groups is 1. The Morgan fingerprint density at radius 1 is 0.861 bits per heavy atom. The van der Waals surface area contributed by atoms with E-state index >= 15 is 0 Å². The van der Waals surface area contributed by atoms with E-state index in [-0.39, 0.29) is 11.4 Å². The van der Waals surface area contributed by atoms with Crippen LogP contribution in [-0.2, 0) is 14.8 Å². The summed E-state index contributed by atoms with van der Waals surface area (Å²) in [6, 6.07) is 30.0. The Hall–Kier alpha value is -3.61. The Bertz CT molecular complexity index is 1460. The second kappa shape index (κ2) is 11.0. The Morgan fingerprint density at radius 2 is 1.53 bits per heavy atom. The molecule has 0 fully saturated rings. The summed E-state index contributed by atoms with van der Waals surface area (Å²) in [5.74, 6) is -0.425. The maximum absolute atomic E-state index is 13.7. The highest BCUT2D eigenvalue weighted by molar-refractivity contribution is 7.92. The molecule has 36 heavy (non-hydrogen) atoms. The van der Waals surface area contributed by atoms with Crippen molar-refractivity contribution in [2.24, 2.45) is 0 Å². The number of aryl methyl sites for hydroxylation is 2.